The molecule has 1 saturated heterocycles. The normalized spacial score (nSPS) is 33.2. The van der Waals surface area contributed by atoms with E-state index in [0.717, 1.165) is 50.6 Å². The number of halogens is 2. The molecule has 3 rings (SSSR count). The van der Waals surface area contributed by atoms with Gasteiger partial charge in [-0.1, -0.05) is 47.1 Å². The Kier molecular flexibility index (Phi) is 5.98. The maximum atomic E-state index is 14.1. The second-order valence-electron chi connectivity index (χ2n) is 8.53. The van der Waals surface area contributed by atoms with Crippen LogP contribution in [0.15, 0.2) is 18.2 Å². The van der Waals surface area contributed by atoms with Gasteiger partial charge in [-0.05, 0) is 61.1 Å². The van der Waals surface area contributed by atoms with E-state index < -0.39 is 11.6 Å². The highest BCUT2D eigenvalue weighted by atomic mass is 19.2. The Morgan fingerprint density at radius 3 is 2.22 bits per heavy atom. The molecular weight excluding hydrogens is 344 g/mol. The Morgan fingerprint density at radius 2 is 1.70 bits per heavy atom. The zero-order valence-corrected chi connectivity index (χ0v) is 17.5. The number of hydrogen-bond donors (Lipinski definition) is 0. The number of benzene rings is 1. The summed E-state index contributed by atoms with van der Waals surface area (Å²) in [7, 11) is 0. The van der Waals surface area contributed by atoms with Crippen LogP contribution < -0.4 is 0 Å². The van der Waals surface area contributed by atoms with Gasteiger partial charge in [0.25, 0.3) is 0 Å². The fourth-order valence-electron chi connectivity index (χ4n) is 5.99. The lowest BCUT2D eigenvalue weighted by atomic mass is 9.55. The van der Waals surface area contributed by atoms with E-state index in [2.05, 4.69) is 39.7 Å². The zero-order valence-electron chi connectivity index (χ0n) is 17.5. The van der Waals surface area contributed by atoms with Crippen LogP contribution in [0.1, 0.15) is 78.7 Å². The molecule has 1 aliphatic heterocycles. The SMILES string of the molecule is CCC1CC(CC)(c2ccc(F)c(F)c2)CC2C1N(CC)OC2(CC)CC. The van der Waals surface area contributed by atoms with Gasteiger partial charge in [0.1, 0.15) is 0 Å². The minimum Gasteiger partial charge on any atom is -0.292 e. The fraction of sp³-hybridized carbons (Fsp3) is 0.739. The van der Waals surface area contributed by atoms with Gasteiger partial charge in [0.05, 0.1) is 5.60 Å². The van der Waals surface area contributed by atoms with Gasteiger partial charge < -0.3 is 0 Å². The molecule has 0 amide bonds. The first kappa shape index (κ1) is 20.7. The number of hydrogen-bond acceptors (Lipinski definition) is 2. The summed E-state index contributed by atoms with van der Waals surface area (Å²) in [4.78, 5) is 6.59. The molecule has 27 heavy (non-hydrogen) atoms. The molecule has 2 aliphatic rings. The third-order valence-corrected chi connectivity index (χ3v) is 7.71. The molecule has 0 N–H and O–H groups in total. The molecule has 1 heterocycles. The first-order valence-electron chi connectivity index (χ1n) is 10.8. The van der Waals surface area contributed by atoms with Crippen molar-refractivity contribution in [3.63, 3.8) is 0 Å². The molecule has 4 heteroatoms. The summed E-state index contributed by atoms with van der Waals surface area (Å²) >= 11 is 0. The molecule has 0 spiro atoms. The van der Waals surface area contributed by atoms with E-state index in [1.807, 2.05) is 6.07 Å². The highest BCUT2D eigenvalue weighted by molar-refractivity contribution is 5.29. The first-order valence-corrected chi connectivity index (χ1v) is 10.8. The van der Waals surface area contributed by atoms with Crippen molar-refractivity contribution in [3.05, 3.63) is 35.4 Å². The van der Waals surface area contributed by atoms with Gasteiger partial charge in [-0.25, -0.2) is 8.78 Å². The van der Waals surface area contributed by atoms with E-state index in [-0.39, 0.29) is 11.0 Å². The van der Waals surface area contributed by atoms with Crippen molar-refractivity contribution < 1.29 is 13.6 Å². The fourth-order valence-corrected chi connectivity index (χ4v) is 5.99. The maximum Gasteiger partial charge on any atom is 0.159 e. The second-order valence-corrected chi connectivity index (χ2v) is 8.53. The molecule has 152 valence electrons. The summed E-state index contributed by atoms with van der Waals surface area (Å²) in [5.41, 5.74) is 0.698. The number of nitrogens with zero attached hydrogens (tertiary/aromatic N) is 1. The molecule has 1 aromatic carbocycles. The summed E-state index contributed by atoms with van der Waals surface area (Å²) in [5.74, 6) is -0.579. The van der Waals surface area contributed by atoms with Crippen LogP contribution in [-0.2, 0) is 10.3 Å². The number of fused-ring (bicyclic) bond motifs is 1. The van der Waals surface area contributed by atoms with Crippen molar-refractivity contribution in [3.8, 4) is 0 Å². The third kappa shape index (κ3) is 3.23. The van der Waals surface area contributed by atoms with E-state index in [1.54, 1.807) is 0 Å². The Bertz CT molecular complexity index is 660. The first-order chi connectivity index (χ1) is 12.9. The van der Waals surface area contributed by atoms with E-state index in [0.29, 0.717) is 17.9 Å². The summed E-state index contributed by atoms with van der Waals surface area (Å²) in [6.07, 6.45) is 5.97. The van der Waals surface area contributed by atoms with Gasteiger partial charge in [0.2, 0.25) is 0 Å². The van der Waals surface area contributed by atoms with Crippen LogP contribution in [0.2, 0.25) is 0 Å². The summed E-state index contributed by atoms with van der Waals surface area (Å²) in [5, 5.41) is 2.23. The highest BCUT2D eigenvalue weighted by Gasteiger charge is 2.59. The maximum absolute atomic E-state index is 14.1. The molecule has 0 radical (unpaired) electrons. The lowest BCUT2D eigenvalue weighted by Gasteiger charge is -2.49. The van der Waals surface area contributed by atoms with Crippen molar-refractivity contribution in [1.82, 2.24) is 5.06 Å². The molecule has 1 saturated carbocycles. The monoisotopic (exact) mass is 379 g/mol. The Balaban J connectivity index is 2.07. The summed E-state index contributed by atoms with van der Waals surface area (Å²) in [6, 6.07) is 4.97. The van der Waals surface area contributed by atoms with Gasteiger partial charge in [0.15, 0.2) is 11.6 Å². The van der Waals surface area contributed by atoms with Crippen LogP contribution in [0.4, 0.5) is 8.78 Å². The average molecular weight is 380 g/mol. The van der Waals surface area contributed by atoms with Crippen LogP contribution in [-0.4, -0.2) is 23.3 Å². The Hall–Kier alpha value is -1.00. The van der Waals surface area contributed by atoms with E-state index in [9.17, 15) is 8.78 Å². The second kappa shape index (κ2) is 7.79. The molecular formula is C23H35F2NO. The summed E-state index contributed by atoms with van der Waals surface area (Å²) in [6.45, 7) is 12.0. The molecule has 0 bridgehead atoms. The molecule has 2 nitrogen and oxygen atoms in total. The van der Waals surface area contributed by atoms with Gasteiger partial charge in [-0.15, -0.1) is 0 Å². The highest BCUT2D eigenvalue weighted by Crippen LogP contribution is 2.57. The van der Waals surface area contributed by atoms with Gasteiger partial charge >= 0.3 is 0 Å². The van der Waals surface area contributed by atoms with Crippen LogP contribution in [0.5, 0.6) is 0 Å². The van der Waals surface area contributed by atoms with Crippen molar-refractivity contribution in [1.29, 1.82) is 0 Å². The van der Waals surface area contributed by atoms with Crippen molar-refractivity contribution in [2.24, 2.45) is 11.8 Å². The number of hydroxylamine groups is 2. The Morgan fingerprint density at radius 1 is 1.00 bits per heavy atom. The van der Waals surface area contributed by atoms with Crippen LogP contribution in [0.25, 0.3) is 0 Å². The standard InChI is InChI=1S/C23H35F2NO/c1-6-16-14-22(7-2,17-11-12-19(24)20(25)13-17)15-18-21(16)26(10-5)27-23(18,8-3)9-4/h11-13,16,18,21H,6-10,14-15H2,1-5H3. The van der Waals surface area contributed by atoms with Crippen LogP contribution >= 0.6 is 0 Å². The largest absolute Gasteiger partial charge is 0.292 e. The molecule has 2 fully saturated rings. The predicted octanol–water partition coefficient (Wildman–Crippen LogP) is 6.24. The minimum atomic E-state index is -0.761. The molecule has 4 atom stereocenters. The zero-order chi connectivity index (χ0) is 19.8. The van der Waals surface area contributed by atoms with E-state index in [1.165, 1.54) is 12.1 Å². The third-order valence-electron chi connectivity index (χ3n) is 7.71. The molecule has 0 aromatic heterocycles. The number of rotatable bonds is 6. The topological polar surface area (TPSA) is 12.5 Å². The molecule has 4 unspecified atom stereocenters. The van der Waals surface area contributed by atoms with Gasteiger partial charge in [0, 0.05) is 18.5 Å². The van der Waals surface area contributed by atoms with Gasteiger partial charge in [-0.3, -0.25) is 4.84 Å². The average Bonchev–Trinajstić information content (AvgIpc) is 3.03. The van der Waals surface area contributed by atoms with Crippen LogP contribution in [0.3, 0.4) is 0 Å². The molecule has 1 aliphatic carbocycles. The lowest BCUT2D eigenvalue weighted by molar-refractivity contribution is -0.210. The minimum absolute atomic E-state index is 0.112. The Labute approximate surface area is 163 Å². The predicted molar refractivity (Wildman–Crippen MR) is 105 cm³/mol. The molecule has 1 aromatic rings. The van der Waals surface area contributed by atoms with Crippen LogP contribution in [0, 0.1) is 23.5 Å². The van der Waals surface area contributed by atoms with Crippen molar-refractivity contribution in [2.75, 3.05) is 6.54 Å². The van der Waals surface area contributed by atoms with E-state index in [4.69, 9.17) is 4.84 Å². The smallest absolute Gasteiger partial charge is 0.159 e. The van der Waals surface area contributed by atoms with Gasteiger partial charge in [-0.2, -0.15) is 5.06 Å². The quantitative estimate of drug-likeness (QED) is 0.580. The van der Waals surface area contributed by atoms with Crippen molar-refractivity contribution >= 4 is 0 Å². The summed E-state index contributed by atoms with van der Waals surface area (Å²) < 4.78 is 27.7. The lowest BCUT2D eigenvalue weighted by Crippen LogP contribution is -2.51. The van der Waals surface area contributed by atoms with E-state index >= 15 is 0 Å². The van der Waals surface area contributed by atoms with Crippen molar-refractivity contribution in [2.45, 2.75) is 90.2 Å².